The van der Waals surface area contributed by atoms with Crippen molar-refractivity contribution in [1.29, 1.82) is 0 Å². The molecule has 0 bridgehead atoms. The first-order valence-corrected chi connectivity index (χ1v) is 6.48. The van der Waals surface area contributed by atoms with E-state index >= 15 is 0 Å². The van der Waals surface area contributed by atoms with Crippen molar-refractivity contribution in [3.63, 3.8) is 0 Å². The third-order valence-corrected chi connectivity index (χ3v) is 2.20. The molecule has 1 aromatic rings. The topological polar surface area (TPSA) is 20.3 Å². The van der Waals surface area contributed by atoms with Crippen molar-refractivity contribution in [2.24, 2.45) is 0 Å². The molecule has 0 aliphatic rings. The Bertz CT molecular complexity index is 308. The Balaban J connectivity index is 0. The van der Waals surface area contributed by atoms with Gasteiger partial charge in [-0.3, -0.25) is 4.79 Å². The highest BCUT2D eigenvalue weighted by Gasteiger charge is 2.10. The van der Waals surface area contributed by atoms with Gasteiger partial charge in [0.1, 0.15) is 0 Å². The number of rotatable bonds is 2. The lowest BCUT2D eigenvalue weighted by Gasteiger charge is -2.15. The molecular formula is C15H27NO. The van der Waals surface area contributed by atoms with E-state index in [4.69, 9.17) is 0 Å². The van der Waals surface area contributed by atoms with Crippen LogP contribution in [0.4, 0.5) is 0 Å². The van der Waals surface area contributed by atoms with Gasteiger partial charge in [-0.2, -0.15) is 0 Å². The van der Waals surface area contributed by atoms with Crippen LogP contribution in [0, 0.1) is 6.92 Å². The summed E-state index contributed by atoms with van der Waals surface area (Å²) in [6, 6.07) is 7.66. The van der Waals surface area contributed by atoms with Gasteiger partial charge in [0.15, 0.2) is 0 Å². The van der Waals surface area contributed by atoms with Crippen LogP contribution in [-0.4, -0.2) is 24.4 Å². The molecule has 1 rings (SSSR count). The van der Waals surface area contributed by atoms with Crippen LogP contribution in [0.3, 0.4) is 0 Å². The average Bonchev–Trinajstić information content (AvgIpc) is 2.42. The molecule has 2 heteroatoms. The van der Waals surface area contributed by atoms with E-state index in [-0.39, 0.29) is 5.91 Å². The van der Waals surface area contributed by atoms with Crippen LogP contribution in [0.2, 0.25) is 0 Å². The molecule has 0 aliphatic carbocycles. The summed E-state index contributed by atoms with van der Waals surface area (Å²) in [5, 5.41) is 0. The van der Waals surface area contributed by atoms with E-state index in [2.05, 4.69) is 0 Å². The molecule has 2 nitrogen and oxygen atoms in total. The molecule has 0 heterocycles. The number of amides is 1. The highest BCUT2D eigenvalue weighted by molar-refractivity contribution is 5.95. The number of hydrogen-bond donors (Lipinski definition) is 0. The highest BCUT2D eigenvalue weighted by atomic mass is 16.2. The van der Waals surface area contributed by atoms with Gasteiger partial charge in [0.05, 0.1) is 0 Å². The minimum atomic E-state index is 0.0978. The van der Waals surface area contributed by atoms with Crippen LogP contribution in [0.5, 0.6) is 0 Å². The van der Waals surface area contributed by atoms with Gasteiger partial charge in [-0.25, -0.2) is 0 Å². The smallest absolute Gasteiger partial charge is 0.253 e. The lowest BCUT2D eigenvalue weighted by molar-refractivity contribution is 0.0801. The van der Waals surface area contributed by atoms with Gasteiger partial charge in [0.25, 0.3) is 5.91 Å². The van der Waals surface area contributed by atoms with Crippen molar-refractivity contribution in [2.45, 2.75) is 41.5 Å². The minimum Gasteiger partial charge on any atom is -0.342 e. The van der Waals surface area contributed by atoms with Crippen molar-refractivity contribution >= 4 is 5.91 Å². The average molecular weight is 237 g/mol. The molecule has 0 saturated heterocycles. The Morgan fingerprint density at radius 1 is 1.12 bits per heavy atom. The number of nitrogens with zero attached hydrogens (tertiary/aromatic N) is 1. The summed E-state index contributed by atoms with van der Waals surface area (Å²) >= 11 is 0. The number of benzene rings is 1. The third kappa shape index (κ3) is 6.10. The molecule has 0 aromatic heterocycles. The van der Waals surface area contributed by atoms with E-state index in [1.807, 2.05) is 72.9 Å². The Kier molecular flexibility index (Phi) is 11.9. The first-order valence-electron chi connectivity index (χ1n) is 6.48. The van der Waals surface area contributed by atoms with Crippen molar-refractivity contribution in [3.8, 4) is 0 Å². The summed E-state index contributed by atoms with van der Waals surface area (Å²) in [4.78, 5) is 13.4. The SMILES string of the molecule is CC.CC.CCN(C)C(=O)c1ccccc1C. The summed E-state index contributed by atoms with van der Waals surface area (Å²) in [7, 11) is 1.81. The van der Waals surface area contributed by atoms with Crippen molar-refractivity contribution in [2.75, 3.05) is 13.6 Å². The molecule has 17 heavy (non-hydrogen) atoms. The number of carbonyl (C=O) groups is 1. The molecule has 0 atom stereocenters. The summed E-state index contributed by atoms with van der Waals surface area (Å²) in [5.41, 5.74) is 1.83. The van der Waals surface area contributed by atoms with Gasteiger partial charge in [0.2, 0.25) is 0 Å². The third-order valence-electron chi connectivity index (χ3n) is 2.20. The fourth-order valence-corrected chi connectivity index (χ4v) is 1.16. The van der Waals surface area contributed by atoms with Crippen LogP contribution in [0.25, 0.3) is 0 Å². The first kappa shape index (κ1) is 18.1. The molecule has 0 N–H and O–H groups in total. The minimum absolute atomic E-state index is 0.0978. The number of carbonyl (C=O) groups excluding carboxylic acids is 1. The maximum Gasteiger partial charge on any atom is 0.253 e. The van der Waals surface area contributed by atoms with Crippen molar-refractivity contribution in [1.82, 2.24) is 4.90 Å². The van der Waals surface area contributed by atoms with E-state index in [9.17, 15) is 4.79 Å². The Morgan fingerprint density at radius 3 is 2.00 bits per heavy atom. The van der Waals surface area contributed by atoms with E-state index < -0.39 is 0 Å². The number of aryl methyl sites for hydroxylation is 1. The zero-order valence-corrected chi connectivity index (χ0v) is 12.4. The quantitative estimate of drug-likeness (QED) is 0.757. The zero-order valence-electron chi connectivity index (χ0n) is 12.4. The second-order valence-corrected chi connectivity index (χ2v) is 3.13. The lowest BCUT2D eigenvalue weighted by Crippen LogP contribution is -2.26. The second kappa shape index (κ2) is 11.2. The lowest BCUT2D eigenvalue weighted by atomic mass is 10.1. The van der Waals surface area contributed by atoms with E-state index in [1.165, 1.54) is 0 Å². The van der Waals surface area contributed by atoms with E-state index in [0.717, 1.165) is 17.7 Å². The molecule has 1 aromatic carbocycles. The molecular weight excluding hydrogens is 210 g/mol. The molecule has 0 unspecified atom stereocenters. The summed E-state index contributed by atoms with van der Waals surface area (Å²) in [6.07, 6.45) is 0. The highest BCUT2D eigenvalue weighted by Crippen LogP contribution is 2.09. The van der Waals surface area contributed by atoms with E-state index in [1.54, 1.807) is 4.90 Å². The number of hydrogen-bond acceptors (Lipinski definition) is 1. The van der Waals surface area contributed by atoms with Crippen LogP contribution in [-0.2, 0) is 0 Å². The van der Waals surface area contributed by atoms with Crippen LogP contribution in [0.15, 0.2) is 24.3 Å². The van der Waals surface area contributed by atoms with Crippen LogP contribution < -0.4 is 0 Å². The molecule has 0 saturated carbocycles. The predicted molar refractivity (Wildman–Crippen MR) is 76.5 cm³/mol. The van der Waals surface area contributed by atoms with Gasteiger partial charge in [0, 0.05) is 19.2 Å². The monoisotopic (exact) mass is 237 g/mol. The fraction of sp³-hybridized carbons (Fsp3) is 0.533. The van der Waals surface area contributed by atoms with Gasteiger partial charge in [-0.15, -0.1) is 0 Å². The van der Waals surface area contributed by atoms with Crippen molar-refractivity contribution < 1.29 is 4.79 Å². The summed E-state index contributed by atoms with van der Waals surface area (Å²) in [5.74, 6) is 0.0978. The Hall–Kier alpha value is -1.31. The van der Waals surface area contributed by atoms with Crippen LogP contribution >= 0.6 is 0 Å². The van der Waals surface area contributed by atoms with Gasteiger partial charge in [-0.1, -0.05) is 45.9 Å². The van der Waals surface area contributed by atoms with E-state index in [0.29, 0.717) is 0 Å². The maximum atomic E-state index is 11.7. The van der Waals surface area contributed by atoms with Crippen LogP contribution in [0.1, 0.15) is 50.5 Å². The predicted octanol–water partition coefficient (Wildman–Crippen LogP) is 4.14. The summed E-state index contributed by atoms with van der Waals surface area (Å²) in [6.45, 7) is 12.7. The first-order chi connectivity index (χ1) is 8.16. The maximum absolute atomic E-state index is 11.7. The molecule has 0 fully saturated rings. The Labute approximate surface area is 107 Å². The molecule has 0 aliphatic heterocycles. The molecule has 0 spiro atoms. The summed E-state index contributed by atoms with van der Waals surface area (Å²) < 4.78 is 0. The molecule has 1 amide bonds. The van der Waals surface area contributed by atoms with Gasteiger partial charge in [-0.05, 0) is 25.5 Å². The zero-order chi connectivity index (χ0) is 13.8. The largest absolute Gasteiger partial charge is 0.342 e. The van der Waals surface area contributed by atoms with Crippen molar-refractivity contribution in [3.05, 3.63) is 35.4 Å². The molecule has 0 radical (unpaired) electrons. The standard InChI is InChI=1S/C11H15NO.2C2H6/c1-4-12(3)11(13)10-8-6-5-7-9(10)2;2*1-2/h5-8H,4H2,1-3H3;2*1-2H3. The normalized spacial score (nSPS) is 8.18. The second-order valence-electron chi connectivity index (χ2n) is 3.13. The molecule has 98 valence electrons. The van der Waals surface area contributed by atoms with Gasteiger partial charge >= 0.3 is 0 Å². The van der Waals surface area contributed by atoms with Gasteiger partial charge < -0.3 is 4.90 Å². The fourth-order valence-electron chi connectivity index (χ4n) is 1.16. The Morgan fingerprint density at radius 2 is 1.59 bits per heavy atom.